The Morgan fingerprint density at radius 1 is 1.24 bits per heavy atom. The molecular weight excluding hydrogens is 284 g/mol. The molecule has 1 aromatic carbocycles. The smallest absolute Gasteiger partial charge is 0.169 e. The first-order valence-electron chi connectivity index (χ1n) is 6.35. The van der Waals surface area contributed by atoms with Crippen molar-refractivity contribution in [1.82, 2.24) is 9.97 Å². The lowest BCUT2D eigenvalue weighted by Gasteiger charge is -2.07. The van der Waals surface area contributed by atoms with E-state index in [0.29, 0.717) is 17.1 Å². The van der Waals surface area contributed by atoms with Crippen LogP contribution < -0.4 is 10.1 Å². The summed E-state index contributed by atoms with van der Waals surface area (Å²) in [6.45, 7) is 0.286. The number of nitrogens with zero attached hydrogens (tertiary/aromatic N) is 3. The minimum atomic E-state index is 0.286. The zero-order valence-corrected chi connectivity index (χ0v) is 12.1. The topological polar surface area (TPSA) is 70.8 Å². The highest BCUT2D eigenvalue weighted by molar-refractivity contribution is 7.16. The molecule has 3 rings (SSSR count). The number of benzene rings is 1. The van der Waals surface area contributed by atoms with Crippen LogP contribution >= 0.6 is 11.3 Å². The molecule has 0 atom stereocenters. The number of nitriles is 1. The van der Waals surface area contributed by atoms with Crippen molar-refractivity contribution >= 4 is 27.4 Å². The van der Waals surface area contributed by atoms with Gasteiger partial charge in [0.15, 0.2) is 5.82 Å². The van der Waals surface area contributed by atoms with Gasteiger partial charge in [-0.1, -0.05) is 0 Å². The zero-order valence-electron chi connectivity index (χ0n) is 11.3. The van der Waals surface area contributed by atoms with Crippen LogP contribution in [0.5, 0.6) is 5.75 Å². The number of hydrogen-bond acceptors (Lipinski definition) is 6. The SMILES string of the molecule is CNc1nc(COc2ccc(C#N)cc2)nc2sccc12. The van der Waals surface area contributed by atoms with Crippen molar-refractivity contribution in [2.75, 3.05) is 12.4 Å². The summed E-state index contributed by atoms with van der Waals surface area (Å²) in [6, 6.07) is 11.0. The number of anilines is 1. The molecule has 0 aliphatic rings. The van der Waals surface area contributed by atoms with Crippen LogP contribution in [0.4, 0.5) is 5.82 Å². The molecule has 3 aromatic rings. The molecule has 0 aliphatic heterocycles. The monoisotopic (exact) mass is 296 g/mol. The third-order valence-corrected chi connectivity index (χ3v) is 3.77. The number of rotatable bonds is 4. The van der Waals surface area contributed by atoms with Crippen molar-refractivity contribution in [3.8, 4) is 11.8 Å². The maximum atomic E-state index is 8.76. The number of nitrogens with one attached hydrogen (secondary N) is 1. The normalized spacial score (nSPS) is 10.3. The van der Waals surface area contributed by atoms with E-state index in [1.165, 1.54) is 0 Å². The van der Waals surface area contributed by atoms with E-state index in [1.54, 1.807) is 35.6 Å². The van der Waals surface area contributed by atoms with Crippen LogP contribution in [-0.4, -0.2) is 17.0 Å². The second-order valence-corrected chi connectivity index (χ2v) is 5.20. The van der Waals surface area contributed by atoms with Crippen LogP contribution in [-0.2, 0) is 6.61 Å². The van der Waals surface area contributed by atoms with E-state index in [0.717, 1.165) is 16.0 Å². The summed E-state index contributed by atoms with van der Waals surface area (Å²) in [6.07, 6.45) is 0. The molecule has 104 valence electrons. The number of ether oxygens (including phenoxy) is 1. The van der Waals surface area contributed by atoms with Gasteiger partial charge in [-0.15, -0.1) is 11.3 Å². The Morgan fingerprint density at radius 3 is 2.76 bits per heavy atom. The van der Waals surface area contributed by atoms with Gasteiger partial charge in [0.1, 0.15) is 23.0 Å². The molecule has 0 amide bonds. The van der Waals surface area contributed by atoms with E-state index in [1.807, 2.05) is 18.5 Å². The molecule has 0 spiro atoms. The Bertz CT molecular complexity index is 805. The molecule has 0 aliphatic carbocycles. The fourth-order valence-electron chi connectivity index (χ4n) is 1.93. The molecule has 5 nitrogen and oxygen atoms in total. The molecule has 6 heteroatoms. The van der Waals surface area contributed by atoms with Crippen LogP contribution in [0.1, 0.15) is 11.4 Å². The lowest BCUT2D eigenvalue weighted by Crippen LogP contribution is -2.04. The summed E-state index contributed by atoms with van der Waals surface area (Å²) in [7, 11) is 1.84. The van der Waals surface area contributed by atoms with Gasteiger partial charge >= 0.3 is 0 Å². The number of thiophene rings is 1. The average molecular weight is 296 g/mol. The van der Waals surface area contributed by atoms with Gasteiger partial charge in [0.05, 0.1) is 17.0 Å². The predicted octanol–water partition coefficient (Wildman–Crippen LogP) is 3.18. The highest BCUT2D eigenvalue weighted by atomic mass is 32.1. The fraction of sp³-hybridized carbons (Fsp3) is 0.133. The first-order chi connectivity index (χ1) is 10.3. The van der Waals surface area contributed by atoms with E-state index in [2.05, 4.69) is 21.4 Å². The summed E-state index contributed by atoms with van der Waals surface area (Å²) >= 11 is 1.57. The fourth-order valence-corrected chi connectivity index (χ4v) is 2.71. The average Bonchev–Trinajstić information content (AvgIpc) is 3.01. The van der Waals surface area contributed by atoms with Crippen LogP contribution in [0.15, 0.2) is 35.7 Å². The third kappa shape index (κ3) is 2.78. The van der Waals surface area contributed by atoms with Gasteiger partial charge < -0.3 is 10.1 Å². The first-order valence-corrected chi connectivity index (χ1v) is 7.23. The molecule has 2 aromatic heterocycles. The zero-order chi connectivity index (χ0) is 14.7. The van der Waals surface area contributed by atoms with Crippen molar-refractivity contribution in [1.29, 1.82) is 5.26 Å². The summed E-state index contributed by atoms with van der Waals surface area (Å²) in [5.41, 5.74) is 0.607. The molecule has 0 unspecified atom stereocenters. The highest BCUT2D eigenvalue weighted by Crippen LogP contribution is 2.25. The summed E-state index contributed by atoms with van der Waals surface area (Å²) in [5, 5.41) is 14.8. The summed E-state index contributed by atoms with van der Waals surface area (Å²) < 4.78 is 5.66. The van der Waals surface area contributed by atoms with Crippen molar-refractivity contribution in [3.63, 3.8) is 0 Å². The maximum absolute atomic E-state index is 8.76. The van der Waals surface area contributed by atoms with Gasteiger partial charge in [-0.2, -0.15) is 5.26 Å². The van der Waals surface area contributed by atoms with Gasteiger partial charge in [-0.25, -0.2) is 9.97 Å². The molecule has 0 radical (unpaired) electrons. The van der Waals surface area contributed by atoms with Crippen LogP contribution in [0.25, 0.3) is 10.2 Å². The van der Waals surface area contributed by atoms with Crippen LogP contribution in [0, 0.1) is 11.3 Å². The molecule has 0 saturated heterocycles. The highest BCUT2D eigenvalue weighted by Gasteiger charge is 2.08. The predicted molar refractivity (Wildman–Crippen MR) is 82.5 cm³/mol. The largest absolute Gasteiger partial charge is 0.486 e. The Morgan fingerprint density at radius 2 is 2.05 bits per heavy atom. The quantitative estimate of drug-likeness (QED) is 0.800. The van der Waals surface area contributed by atoms with Crippen molar-refractivity contribution in [2.24, 2.45) is 0 Å². The first kappa shape index (κ1) is 13.3. The Hall–Kier alpha value is -2.65. The van der Waals surface area contributed by atoms with Crippen LogP contribution in [0.3, 0.4) is 0 Å². The molecule has 0 fully saturated rings. The minimum Gasteiger partial charge on any atom is -0.486 e. The van der Waals surface area contributed by atoms with Gasteiger partial charge in [0, 0.05) is 7.05 Å². The van der Waals surface area contributed by atoms with Crippen molar-refractivity contribution in [3.05, 3.63) is 47.1 Å². The molecule has 21 heavy (non-hydrogen) atoms. The van der Waals surface area contributed by atoms with Gasteiger partial charge in [0.25, 0.3) is 0 Å². The van der Waals surface area contributed by atoms with Gasteiger partial charge in [-0.3, -0.25) is 0 Å². The van der Waals surface area contributed by atoms with Gasteiger partial charge in [-0.05, 0) is 35.7 Å². The lowest BCUT2D eigenvalue weighted by atomic mass is 10.2. The second kappa shape index (κ2) is 5.77. The number of fused-ring (bicyclic) bond motifs is 1. The number of aromatic nitrogens is 2. The summed E-state index contributed by atoms with van der Waals surface area (Å²) in [4.78, 5) is 9.87. The molecule has 2 heterocycles. The Balaban J connectivity index is 1.79. The van der Waals surface area contributed by atoms with Crippen molar-refractivity contribution in [2.45, 2.75) is 6.61 Å². The third-order valence-electron chi connectivity index (χ3n) is 2.96. The Labute approximate surface area is 125 Å². The maximum Gasteiger partial charge on any atom is 0.169 e. The van der Waals surface area contributed by atoms with Crippen LogP contribution in [0.2, 0.25) is 0 Å². The van der Waals surface area contributed by atoms with E-state index in [-0.39, 0.29) is 6.61 Å². The second-order valence-electron chi connectivity index (χ2n) is 4.30. The lowest BCUT2D eigenvalue weighted by molar-refractivity contribution is 0.296. The van der Waals surface area contributed by atoms with E-state index in [9.17, 15) is 0 Å². The van der Waals surface area contributed by atoms with E-state index < -0.39 is 0 Å². The minimum absolute atomic E-state index is 0.286. The van der Waals surface area contributed by atoms with E-state index in [4.69, 9.17) is 10.00 Å². The van der Waals surface area contributed by atoms with Crippen molar-refractivity contribution < 1.29 is 4.74 Å². The molecule has 1 N–H and O–H groups in total. The van der Waals surface area contributed by atoms with E-state index >= 15 is 0 Å². The standard InChI is InChI=1S/C15H12N4OS/c1-17-14-12-6-7-21-15(12)19-13(18-14)9-20-11-4-2-10(8-16)3-5-11/h2-7H,9H2,1H3,(H,17,18,19). The molecule has 0 bridgehead atoms. The summed E-state index contributed by atoms with van der Waals surface area (Å²) in [5.74, 6) is 2.12. The number of hydrogen-bond donors (Lipinski definition) is 1. The Kier molecular flexibility index (Phi) is 3.67. The molecule has 0 saturated carbocycles. The molecular formula is C15H12N4OS. The van der Waals surface area contributed by atoms with Gasteiger partial charge in [0.2, 0.25) is 0 Å².